The van der Waals surface area contributed by atoms with Crippen LogP contribution in [0.1, 0.15) is 58.2 Å². The molecule has 3 aliphatic heterocycles. The molecule has 3 saturated heterocycles. The normalized spacial score (nSPS) is 17.8. The van der Waals surface area contributed by atoms with Crippen LogP contribution in [-0.2, 0) is 39.9 Å². The lowest BCUT2D eigenvalue weighted by Gasteiger charge is -2.43. The number of halogens is 1. The van der Waals surface area contributed by atoms with E-state index < -0.39 is 48.5 Å². The van der Waals surface area contributed by atoms with Crippen molar-refractivity contribution in [3.8, 4) is 16.2 Å². The van der Waals surface area contributed by atoms with Gasteiger partial charge in [0.15, 0.2) is 5.82 Å². The number of likely N-dealkylation sites (tertiary alicyclic amines) is 1. The number of carbonyl (C=O) groups is 4. The molecular weight excluding hydrogens is 1070 g/mol. The molecule has 0 radical (unpaired) electrons. The number of nitrogens with one attached hydrogen (secondary N) is 3. The first-order valence-electron chi connectivity index (χ1n) is 26.6. The van der Waals surface area contributed by atoms with Crippen molar-refractivity contribution in [2.75, 3.05) is 102 Å². The lowest BCUT2D eigenvalue weighted by atomic mass is 9.85. The van der Waals surface area contributed by atoms with Gasteiger partial charge in [0.1, 0.15) is 36.6 Å². The summed E-state index contributed by atoms with van der Waals surface area (Å²) in [5.74, 6) is -0.277. The number of amides is 4. The highest BCUT2D eigenvalue weighted by Crippen LogP contribution is 2.40. The molecule has 3 atom stereocenters. The molecule has 3 fully saturated rings. The Morgan fingerprint density at radius 2 is 1.66 bits per heavy atom. The highest BCUT2D eigenvalue weighted by atomic mass is 35.5. The largest absolute Gasteiger partial charge is 0.494 e. The molecule has 2 aromatic heterocycles. The Labute approximate surface area is 471 Å². The van der Waals surface area contributed by atoms with Gasteiger partial charge in [0, 0.05) is 88.8 Å². The summed E-state index contributed by atoms with van der Waals surface area (Å²) in [7, 11) is -0.958. The molecule has 0 spiro atoms. The minimum Gasteiger partial charge on any atom is -0.494 e. The molecule has 23 heteroatoms. The van der Waals surface area contributed by atoms with E-state index in [1.807, 2.05) is 78.6 Å². The van der Waals surface area contributed by atoms with Crippen LogP contribution in [0.25, 0.3) is 10.4 Å². The molecule has 0 aliphatic carbocycles. The number of aromatic nitrogens is 3. The summed E-state index contributed by atoms with van der Waals surface area (Å²) >= 11 is 8.06. The third kappa shape index (κ3) is 14.8. The highest BCUT2D eigenvalue weighted by Gasteiger charge is 2.47. The summed E-state index contributed by atoms with van der Waals surface area (Å²) in [4.78, 5) is 82.8. The highest BCUT2D eigenvalue weighted by molar-refractivity contribution is 7.70. The van der Waals surface area contributed by atoms with Gasteiger partial charge in [-0.2, -0.15) is 4.98 Å². The first-order chi connectivity index (χ1) is 37.7. The fraction of sp³-hybridized carbons (Fsp3) is 0.482. The molecule has 8 rings (SSSR count). The maximum Gasteiger partial charge on any atom is 0.249 e. The molecule has 4 N–H and O–H groups in total. The molecule has 4 amide bonds. The van der Waals surface area contributed by atoms with Gasteiger partial charge in [-0.1, -0.05) is 68.8 Å². The zero-order chi connectivity index (χ0) is 56.6. The summed E-state index contributed by atoms with van der Waals surface area (Å²) in [5.41, 5.74) is 6.21. The fourth-order valence-electron chi connectivity index (χ4n) is 10.4. The van der Waals surface area contributed by atoms with Crippen molar-refractivity contribution >= 4 is 87.8 Å². The molecule has 0 saturated carbocycles. The molecule has 3 aromatic carbocycles. The van der Waals surface area contributed by atoms with Gasteiger partial charge in [0.2, 0.25) is 29.6 Å². The van der Waals surface area contributed by atoms with Gasteiger partial charge in [0.25, 0.3) is 0 Å². The maximum atomic E-state index is 14.4. The number of β-amino-alcohol motifs (C(OH)–C–C–N with tert-alkyl or cyclic N) is 1. The summed E-state index contributed by atoms with van der Waals surface area (Å²) < 4.78 is 24.5. The van der Waals surface area contributed by atoms with Crippen molar-refractivity contribution in [2.24, 2.45) is 5.41 Å². The van der Waals surface area contributed by atoms with Gasteiger partial charge in [-0.05, 0) is 73.9 Å². The number of hydrogen-bond acceptors (Lipinski definition) is 17. The average molecular weight is 1140 g/mol. The Kier molecular flexibility index (Phi) is 19.4. The van der Waals surface area contributed by atoms with Crippen LogP contribution < -0.4 is 30.9 Å². The number of nitrogens with zero attached hydrogens (tertiary/aromatic N) is 8. The van der Waals surface area contributed by atoms with Crippen LogP contribution in [0.2, 0.25) is 5.02 Å². The zero-order valence-corrected chi connectivity index (χ0v) is 48.7. The minimum absolute atomic E-state index is 0.0155. The van der Waals surface area contributed by atoms with Crippen molar-refractivity contribution in [1.29, 1.82) is 0 Å². The number of hydrogen-bond donors (Lipinski definition) is 4. The third-order valence-electron chi connectivity index (χ3n) is 14.5. The first kappa shape index (κ1) is 58.9. The Morgan fingerprint density at radius 1 is 0.937 bits per heavy atom. The summed E-state index contributed by atoms with van der Waals surface area (Å²) in [5, 5.41) is 22.2. The molecule has 5 heterocycles. The van der Waals surface area contributed by atoms with E-state index in [4.69, 9.17) is 25.9 Å². The Bertz CT molecular complexity index is 3000. The predicted molar refractivity (Wildman–Crippen MR) is 308 cm³/mol. The van der Waals surface area contributed by atoms with E-state index in [1.54, 1.807) is 58.1 Å². The summed E-state index contributed by atoms with van der Waals surface area (Å²) in [6.45, 7) is 16.3. The van der Waals surface area contributed by atoms with Crippen LogP contribution in [0.3, 0.4) is 0 Å². The van der Waals surface area contributed by atoms with Crippen LogP contribution in [0, 0.1) is 12.3 Å². The number of anilines is 5. The molecule has 424 valence electrons. The standard InChI is InChI=1S/C56H73ClN11O9PS/c1-36-50(79-35-60-36)39-15-13-38(14-16-39)31-58-53(72)46-30-42(70)33-67(46)54(73)51(56(3,4)5)68(37(2)69)77-28-27-76-34-49(71)66-25-23-65(24-26-66)40-19-21-64(22-20-40)41-17-18-44(47(29-41)75-6)62-55-59-32-43(57)52(63-55)61-45-11-9-10-12-48(45)78(7,8)74/h9-18,29,32,35,40,42,46,51,70H,19-28,30-31,33-34H2,1-8H3,(H,58,72)(H2,59,61,62,63)/t42-,46+,51-/m1/s1. The van der Waals surface area contributed by atoms with Crippen LogP contribution in [0.15, 0.2) is 78.4 Å². The number of aliphatic hydroxyl groups is 1. The van der Waals surface area contributed by atoms with Crippen LogP contribution in [0.5, 0.6) is 5.75 Å². The summed E-state index contributed by atoms with van der Waals surface area (Å²) in [6, 6.07) is 19.5. The molecule has 3 aliphatic rings. The number of carbonyl (C=O) groups excluding carboxylic acids is 4. The van der Waals surface area contributed by atoms with E-state index in [2.05, 4.69) is 40.7 Å². The number of aryl methyl sites for hydroxylation is 1. The Morgan fingerprint density at radius 3 is 2.32 bits per heavy atom. The van der Waals surface area contributed by atoms with E-state index in [9.17, 15) is 28.8 Å². The minimum atomic E-state index is -2.58. The van der Waals surface area contributed by atoms with Crippen LogP contribution >= 0.6 is 30.1 Å². The lowest BCUT2D eigenvalue weighted by Crippen LogP contribution is -2.58. The van der Waals surface area contributed by atoms with Crippen molar-refractivity contribution < 1.29 is 43.2 Å². The monoisotopic (exact) mass is 1140 g/mol. The summed E-state index contributed by atoms with van der Waals surface area (Å²) in [6.07, 6.45) is 2.55. The van der Waals surface area contributed by atoms with Crippen LogP contribution in [-0.4, -0.2) is 174 Å². The lowest BCUT2D eigenvalue weighted by molar-refractivity contribution is -0.218. The predicted octanol–water partition coefficient (Wildman–Crippen LogP) is 6.91. The van der Waals surface area contributed by atoms with E-state index in [0.717, 1.165) is 71.5 Å². The number of rotatable bonds is 20. The number of thiazole rings is 1. The Balaban J connectivity index is 0.763. The molecule has 20 nitrogen and oxygen atoms in total. The zero-order valence-electron chi connectivity index (χ0n) is 46.2. The number of benzene rings is 3. The molecule has 79 heavy (non-hydrogen) atoms. The Hall–Kier alpha value is -6.19. The number of aliphatic hydroxyl groups excluding tert-OH is 1. The van der Waals surface area contributed by atoms with E-state index in [1.165, 1.54) is 18.0 Å². The van der Waals surface area contributed by atoms with Crippen molar-refractivity contribution in [3.63, 3.8) is 0 Å². The number of ether oxygens (including phenoxy) is 2. The van der Waals surface area contributed by atoms with Gasteiger partial charge >= 0.3 is 0 Å². The fourth-order valence-corrected chi connectivity index (χ4v) is 12.5. The smallest absolute Gasteiger partial charge is 0.249 e. The second kappa shape index (κ2) is 25.9. The van der Waals surface area contributed by atoms with Gasteiger partial charge < -0.3 is 49.8 Å². The van der Waals surface area contributed by atoms with E-state index >= 15 is 0 Å². The number of hydroxylamine groups is 2. The second-order valence-electron chi connectivity index (χ2n) is 21.6. The SMILES string of the molecule is COc1cc(N2CCC(N3CCN(C(=O)COCCON(C(C)=O)[C@H](C(=O)N4C[C@H](O)C[C@H]4C(=O)NCc4ccc(-c5scnc5C)cc4)C(C)(C)C)CC3)CC2)ccc1Nc1ncc(Cl)c(Nc2ccccc2P(C)(C)=O)n1. The number of piperidine rings is 1. The second-order valence-corrected chi connectivity index (χ2v) is 26.0. The number of piperazine rings is 1. The first-order valence-corrected chi connectivity index (χ1v) is 30.5. The number of para-hydroxylation sites is 1. The molecule has 0 unspecified atom stereocenters. The topological polar surface area (TPSA) is 224 Å². The van der Waals surface area contributed by atoms with Crippen molar-refractivity contribution in [1.82, 2.24) is 40.0 Å². The number of methoxy groups -OCH3 is 1. The van der Waals surface area contributed by atoms with Crippen molar-refractivity contribution in [3.05, 3.63) is 94.7 Å². The molecular formula is C56H73ClN11O9PS. The van der Waals surface area contributed by atoms with Gasteiger partial charge in [-0.15, -0.1) is 11.3 Å². The van der Waals surface area contributed by atoms with Gasteiger partial charge in [-0.3, -0.25) is 28.9 Å². The maximum absolute atomic E-state index is 14.4. The van der Waals surface area contributed by atoms with E-state index in [-0.39, 0.29) is 45.2 Å². The van der Waals surface area contributed by atoms with Gasteiger partial charge in [0.05, 0.1) is 60.1 Å². The van der Waals surface area contributed by atoms with E-state index in [0.29, 0.717) is 58.3 Å². The molecule has 0 bridgehead atoms. The van der Waals surface area contributed by atoms with Gasteiger partial charge in [-0.25, -0.2) is 15.0 Å². The molecule has 5 aromatic rings. The van der Waals surface area contributed by atoms with Crippen molar-refractivity contribution in [2.45, 2.75) is 84.7 Å². The third-order valence-corrected chi connectivity index (χ3v) is 17.3. The van der Waals surface area contributed by atoms with Crippen LogP contribution in [0.4, 0.5) is 28.8 Å². The average Bonchev–Trinajstić information content (AvgIpc) is 4.07. The quantitative estimate of drug-likeness (QED) is 0.0353.